The standard InChI is InChI=1S/C18H19ClF3N3O.C14H11ClF3N3O/c1-3-24(4-2)11-17(18(20,21)22)13-6-5-9-25(26)16(13)23-15-8-7-12(19)10-14(15)17;15-8-3-4-11-10(6-8)13(7-19,14(16,17)18)9-2-1-5-21(22)12(9)20-11/h5-10,26H,3-4,11H2,1-2H3;1-6,22H,7,19H2/p+2. The number of pyridine rings is 2. The molecule has 6 N–H and O–H groups in total. The van der Waals surface area contributed by atoms with E-state index in [-0.39, 0.29) is 61.9 Å². The van der Waals surface area contributed by atoms with Gasteiger partial charge in [-0.2, -0.15) is 26.3 Å². The third-order valence-electron chi connectivity index (χ3n) is 8.89. The van der Waals surface area contributed by atoms with Gasteiger partial charge in [0, 0.05) is 34.3 Å². The lowest BCUT2D eigenvalue weighted by atomic mass is 9.70. The average Bonchev–Trinajstić information content (AvgIpc) is 3.02. The van der Waals surface area contributed by atoms with Crippen LogP contribution in [0.3, 0.4) is 0 Å². The molecule has 4 aromatic rings. The maximum atomic E-state index is 14.7. The Balaban J connectivity index is 0.000000190. The number of alkyl halides is 6. The van der Waals surface area contributed by atoms with Gasteiger partial charge in [-0.15, -0.1) is 0 Å². The van der Waals surface area contributed by atoms with Gasteiger partial charge >= 0.3 is 24.0 Å². The molecule has 2 aliphatic heterocycles. The van der Waals surface area contributed by atoms with Crippen LogP contribution >= 0.6 is 23.2 Å². The summed E-state index contributed by atoms with van der Waals surface area (Å²) in [5.74, 6) is -0.0631. The van der Waals surface area contributed by atoms with Crippen LogP contribution in [0.1, 0.15) is 36.1 Å². The highest BCUT2D eigenvalue weighted by Crippen LogP contribution is 2.55. The Morgan fingerprint density at radius 2 is 1.12 bits per heavy atom. The lowest BCUT2D eigenvalue weighted by molar-refractivity contribution is -0.893. The van der Waals surface area contributed by atoms with Gasteiger partial charge in [-0.05, 0) is 73.8 Å². The zero-order valence-corrected chi connectivity index (χ0v) is 27.1. The highest BCUT2D eigenvalue weighted by atomic mass is 35.5. The van der Waals surface area contributed by atoms with Crippen LogP contribution in [0, 0.1) is 0 Å². The first-order valence-electron chi connectivity index (χ1n) is 14.7. The second-order valence-corrected chi connectivity index (χ2v) is 12.2. The number of hydrogen-bond donors (Lipinski definition) is 5. The highest BCUT2D eigenvalue weighted by molar-refractivity contribution is 6.31. The third kappa shape index (κ3) is 5.63. The summed E-state index contributed by atoms with van der Waals surface area (Å²) in [6.07, 6.45) is -6.72. The lowest BCUT2D eigenvalue weighted by Crippen LogP contribution is -2.55. The number of fused-ring (bicyclic) bond motifs is 4. The van der Waals surface area contributed by atoms with Crippen LogP contribution < -0.4 is 25.8 Å². The van der Waals surface area contributed by atoms with Crippen molar-refractivity contribution in [3.05, 3.63) is 105 Å². The molecule has 48 heavy (non-hydrogen) atoms. The molecule has 2 aromatic carbocycles. The topological polar surface area (TPSA) is 102 Å². The van der Waals surface area contributed by atoms with Crippen LogP contribution in [-0.4, -0.2) is 53.8 Å². The monoisotopic (exact) mass is 716 g/mol. The first-order chi connectivity index (χ1) is 22.5. The van der Waals surface area contributed by atoms with Crippen molar-refractivity contribution < 1.29 is 46.2 Å². The lowest BCUT2D eigenvalue weighted by Gasteiger charge is -2.42. The maximum Gasteiger partial charge on any atom is 0.404 e. The molecule has 2 unspecified atom stereocenters. The molecular weight excluding hydrogens is 685 g/mol. The molecule has 6 rings (SSSR count). The van der Waals surface area contributed by atoms with Crippen LogP contribution in [0.2, 0.25) is 10.0 Å². The number of aromatic nitrogens is 2. The fourth-order valence-corrected chi connectivity index (χ4v) is 6.77. The quantitative estimate of drug-likeness (QED) is 0.0881. The van der Waals surface area contributed by atoms with E-state index in [0.29, 0.717) is 22.6 Å². The van der Waals surface area contributed by atoms with E-state index in [1.165, 1.54) is 73.1 Å². The highest BCUT2D eigenvalue weighted by Gasteiger charge is 2.64. The van der Waals surface area contributed by atoms with Crippen molar-refractivity contribution in [3.63, 3.8) is 0 Å². The van der Waals surface area contributed by atoms with Gasteiger partial charge in [0.2, 0.25) is 0 Å². The molecule has 0 aliphatic carbocycles. The minimum Gasteiger partial charge on any atom is -0.350 e. The van der Waals surface area contributed by atoms with Gasteiger partial charge in [0.05, 0.1) is 11.1 Å². The number of halogens is 8. The van der Waals surface area contributed by atoms with Gasteiger partial charge in [-0.25, -0.2) is 10.6 Å². The summed E-state index contributed by atoms with van der Waals surface area (Å²) >= 11 is 11.9. The molecule has 0 amide bonds. The number of hydrogen-bond acceptors (Lipinski definition) is 6. The van der Waals surface area contributed by atoms with Crippen molar-refractivity contribution >= 4 is 46.2 Å². The Kier molecular flexibility index (Phi) is 9.42. The molecule has 2 aromatic heterocycles. The van der Waals surface area contributed by atoms with Crippen LogP contribution in [-0.2, 0) is 10.8 Å². The van der Waals surface area contributed by atoms with Crippen LogP contribution in [0.5, 0.6) is 0 Å². The Morgan fingerprint density at radius 1 is 0.708 bits per heavy atom. The fourth-order valence-electron chi connectivity index (χ4n) is 6.42. The molecular formula is C32H32Cl2F6N6O2+2. The van der Waals surface area contributed by atoms with E-state index >= 15 is 0 Å². The summed E-state index contributed by atoms with van der Waals surface area (Å²) in [6, 6.07) is 14.0. The summed E-state index contributed by atoms with van der Waals surface area (Å²) in [4.78, 5) is 1.72. The molecule has 0 radical (unpaired) electrons. The van der Waals surface area contributed by atoms with Crippen molar-refractivity contribution in [2.24, 2.45) is 5.73 Å². The largest absolute Gasteiger partial charge is 0.404 e. The van der Waals surface area contributed by atoms with Crippen molar-refractivity contribution in [3.8, 4) is 0 Å². The van der Waals surface area contributed by atoms with E-state index in [1.54, 1.807) is 4.90 Å². The molecule has 4 heterocycles. The summed E-state index contributed by atoms with van der Waals surface area (Å²) in [5.41, 5.74) is 1.11. The smallest absolute Gasteiger partial charge is 0.350 e. The molecule has 0 fully saturated rings. The number of nitrogens with zero attached hydrogens (tertiary/aromatic N) is 3. The third-order valence-corrected chi connectivity index (χ3v) is 9.36. The Morgan fingerprint density at radius 3 is 1.52 bits per heavy atom. The summed E-state index contributed by atoms with van der Waals surface area (Å²) < 4.78 is 87.2. The predicted molar refractivity (Wildman–Crippen MR) is 168 cm³/mol. The van der Waals surface area contributed by atoms with E-state index in [0.717, 1.165) is 0 Å². The van der Waals surface area contributed by atoms with Crippen molar-refractivity contribution in [2.75, 3.05) is 36.8 Å². The minimum absolute atomic E-state index is 0.00630. The van der Waals surface area contributed by atoms with E-state index in [9.17, 15) is 36.8 Å². The van der Waals surface area contributed by atoms with Gasteiger partial charge in [-0.1, -0.05) is 46.5 Å². The average molecular weight is 718 g/mol. The summed E-state index contributed by atoms with van der Waals surface area (Å²) in [7, 11) is 0. The van der Waals surface area contributed by atoms with Crippen LogP contribution in [0.25, 0.3) is 0 Å². The molecule has 0 spiro atoms. The molecule has 0 saturated carbocycles. The number of rotatable bonds is 5. The van der Waals surface area contributed by atoms with Crippen molar-refractivity contribution in [1.29, 1.82) is 0 Å². The number of anilines is 4. The number of benzene rings is 2. The predicted octanol–water partition coefficient (Wildman–Crippen LogP) is 6.84. The first kappa shape index (κ1) is 35.3. The molecule has 0 bridgehead atoms. The SMILES string of the molecule is CCN(CC)CC1(C(F)(F)F)c2cc(Cl)ccc2Nc2c1ccc[n+]2O.NCC1(C(F)(F)F)c2cc(Cl)ccc2Nc2c1ccc[n+]2O. The number of nitrogens with one attached hydrogen (secondary N) is 2. The van der Waals surface area contributed by atoms with Crippen molar-refractivity contribution in [2.45, 2.75) is 37.0 Å². The van der Waals surface area contributed by atoms with E-state index in [1.807, 2.05) is 13.8 Å². The molecule has 16 heteroatoms. The van der Waals surface area contributed by atoms with Crippen LogP contribution in [0.15, 0.2) is 73.1 Å². The zero-order valence-electron chi connectivity index (χ0n) is 25.6. The number of nitrogens with two attached hydrogens (primary N) is 1. The molecule has 8 nitrogen and oxygen atoms in total. The van der Waals surface area contributed by atoms with E-state index < -0.39 is 29.7 Å². The van der Waals surface area contributed by atoms with Gasteiger partial charge in [0.25, 0.3) is 0 Å². The maximum absolute atomic E-state index is 14.7. The molecule has 2 atom stereocenters. The number of likely N-dealkylation sites (N-methyl/N-ethyl adjacent to an activating group) is 1. The van der Waals surface area contributed by atoms with E-state index in [2.05, 4.69) is 10.6 Å². The van der Waals surface area contributed by atoms with E-state index in [4.69, 9.17) is 28.9 Å². The molecule has 2 aliphatic rings. The van der Waals surface area contributed by atoms with Gasteiger partial charge in [0.1, 0.15) is 34.6 Å². The zero-order chi connectivity index (χ0) is 35.2. The second-order valence-electron chi connectivity index (χ2n) is 11.3. The van der Waals surface area contributed by atoms with Crippen molar-refractivity contribution in [1.82, 2.24) is 4.90 Å². The fraction of sp³-hybridized carbons (Fsp3) is 0.312. The second kappa shape index (κ2) is 12.8. The summed E-state index contributed by atoms with van der Waals surface area (Å²) in [5, 5.41) is 26.1. The Labute approximate surface area is 281 Å². The van der Waals surface area contributed by atoms with Crippen LogP contribution in [0.4, 0.5) is 49.4 Å². The minimum atomic E-state index is -4.66. The van der Waals surface area contributed by atoms with Gasteiger partial charge in [0.15, 0.2) is 0 Å². The summed E-state index contributed by atoms with van der Waals surface area (Å²) in [6.45, 7) is 3.62. The first-order valence-corrected chi connectivity index (χ1v) is 15.5. The normalized spacial score (nSPS) is 19.5. The molecule has 0 saturated heterocycles. The Bertz CT molecular complexity index is 1830. The van der Waals surface area contributed by atoms with Gasteiger partial charge in [-0.3, -0.25) is 0 Å². The molecule has 256 valence electrons. The van der Waals surface area contributed by atoms with Gasteiger partial charge < -0.3 is 21.0 Å². The Hall–Kier alpha value is -3.98.